The van der Waals surface area contributed by atoms with Crippen LogP contribution in [-0.2, 0) is 19.3 Å². The molecule has 3 aromatic carbocycles. The van der Waals surface area contributed by atoms with Gasteiger partial charge >= 0.3 is 6.18 Å². The molecule has 0 spiro atoms. The minimum Gasteiger partial charge on any atom is -0.496 e. The number of aromatic nitrogens is 1. The third-order valence-corrected chi connectivity index (χ3v) is 9.58. The highest BCUT2D eigenvalue weighted by molar-refractivity contribution is 6.04. The molecular weight excluding hydrogens is 655 g/mol. The van der Waals surface area contributed by atoms with Crippen LogP contribution in [0.1, 0.15) is 68.7 Å². The number of aliphatic hydroxyl groups excluding tert-OH is 1. The van der Waals surface area contributed by atoms with Gasteiger partial charge in [-0.25, -0.2) is 0 Å². The van der Waals surface area contributed by atoms with Gasteiger partial charge in [-0.2, -0.15) is 18.4 Å². The Labute approximate surface area is 295 Å². The molecule has 11 heteroatoms. The van der Waals surface area contributed by atoms with E-state index in [1.165, 1.54) is 31.4 Å². The highest BCUT2D eigenvalue weighted by Gasteiger charge is 2.34. The first-order chi connectivity index (χ1) is 24.5. The topological polar surface area (TPSA) is 102 Å². The summed E-state index contributed by atoms with van der Waals surface area (Å²) in [5, 5.41) is 23.0. The monoisotopic (exact) mass is 695 g/mol. The molecule has 6 rings (SSSR count). The second-order valence-corrected chi connectivity index (χ2v) is 13.1. The lowest BCUT2D eigenvalue weighted by Gasteiger charge is -2.20. The normalized spacial score (nSPS) is 16.8. The quantitative estimate of drug-likeness (QED) is 0.165. The number of likely N-dealkylation sites (tertiary alicyclic amines) is 2. The summed E-state index contributed by atoms with van der Waals surface area (Å²) in [6, 6.07) is 18.9. The number of halogens is 3. The Morgan fingerprint density at radius 2 is 1.76 bits per heavy atom. The molecule has 1 aromatic heterocycles. The largest absolute Gasteiger partial charge is 0.496 e. The molecule has 4 aromatic rings. The Bertz CT molecular complexity index is 1960. The number of nitrogens with zero attached hydrogens (tertiary/aromatic N) is 4. The van der Waals surface area contributed by atoms with Gasteiger partial charge in [0.15, 0.2) is 0 Å². The first kappa shape index (κ1) is 35.8. The standard InChI is InChI=1S/C40H40F3N5O3/c1-26-32(8-6-10-36(26)46-39(50)37-14-11-27(22-45-37)23-48-18-15-31(49)25-48)33-9-5-7-28(34(33)21-44)12-13-29-20-38(51-2)30(19-35(29)40(41,42)43)24-47-16-3-4-17-47/h5-14,19-20,22,31,49H,3-4,15-18,23-25H2,1-2H3,(H,46,50)/b13-12+/t31-/m1/s1. The van der Waals surface area contributed by atoms with Gasteiger partial charge in [0.2, 0.25) is 0 Å². The third-order valence-electron chi connectivity index (χ3n) is 9.58. The number of nitrogens with one attached hydrogen (secondary N) is 1. The number of pyridine rings is 1. The fraction of sp³-hybridized carbons (Fsp3) is 0.325. The molecule has 264 valence electrons. The summed E-state index contributed by atoms with van der Waals surface area (Å²) < 4.78 is 48.5. The Hall–Kier alpha value is -5.02. The van der Waals surface area contributed by atoms with Gasteiger partial charge < -0.3 is 15.2 Å². The summed E-state index contributed by atoms with van der Waals surface area (Å²) >= 11 is 0. The number of benzene rings is 3. The number of carbonyl (C=O) groups excluding carboxylic acids is 1. The van der Waals surface area contributed by atoms with E-state index in [0.29, 0.717) is 58.9 Å². The molecule has 0 unspecified atom stereocenters. The number of ether oxygens (including phenoxy) is 1. The molecule has 0 aliphatic carbocycles. The van der Waals surface area contributed by atoms with Crippen molar-refractivity contribution in [2.75, 3.05) is 38.6 Å². The Morgan fingerprint density at radius 1 is 1.02 bits per heavy atom. The van der Waals surface area contributed by atoms with Gasteiger partial charge in [-0.3, -0.25) is 19.6 Å². The molecule has 2 fully saturated rings. The molecule has 1 amide bonds. The van der Waals surface area contributed by atoms with Crippen LogP contribution in [-0.4, -0.2) is 65.2 Å². The average Bonchev–Trinajstić information content (AvgIpc) is 3.79. The number of alkyl halides is 3. The Balaban J connectivity index is 1.24. The number of nitriles is 1. The molecule has 3 heterocycles. The molecule has 2 aliphatic heterocycles. The van der Waals surface area contributed by atoms with Crippen LogP contribution in [0.4, 0.5) is 18.9 Å². The van der Waals surface area contributed by atoms with Crippen LogP contribution in [0.5, 0.6) is 5.75 Å². The van der Waals surface area contributed by atoms with Crippen molar-refractivity contribution in [3.05, 3.63) is 111 Å². The van der Waals surface area contributed by atoms with Crippen molar-refractivity contribution in [1.29, 1.82) is 5.26 Å². The van der Waals surface area contributed by atoms with E-state index in [-0.39, 0.29) is 22.9 Å². The third kappa shape index (κ3) is 8.31. The van der Waals surface area contributed by atoms with E-state index >= 15 is 0 Å². The maximum Gasteiger partial charge on any atom is 0.417 e. The number of anilines is 1. The second-order valence-electron chi connectivity index (χ2n) is 13.1. The zero-order chi connectivity index (χ0) is 36.1. The molecular formula is C40H40F3N5O3. The van der Waals surface area contributed by atoms with E-state index in [1.807, 2.05) is 19.1 Å². The highest BCUT2D eigenvalue weighted by Crippen LogP contribution is 2.38. The predicted octanol–water partition coefficient (Wildman–Crippen LogP) is 7.54. The molecule has 1 atom stereocenters. The zero-order valence-corrected chi connectivity index (χ0v) is 28.6. The maximum atomic E-state index is 14.3. The first-order valence-corrected chi connectivity index (χ1v) is 17.0. The lowest BCUT2D eigenvalue weighted by Crippen LogP contribution is -2.21. The molecule has 0 bridgehead atoms. The van der Waals surface area contributed by atoms with Crippen LogP contribution >= 0.6 is 0 Å². The van der Waals surface area contributed by atoms with Crippen LogP contribution in [0.3, 0.4) is 0 Å². The second kappa shape index (κ2) is 15.5. The van der Waals surface area contributed by atoms with Crippen LogP contribution in [0.25, 0.3) is 23.3 Å². The average molecular weight is 696 g/mol. The summed E-state index contributed by atoms with van der Waals surface area (Å²) in [6.07, 6.45) is 2.44. The molecule has 0 radical (unpaired) electrons. The minimum atomic E-state index is -4.59. The van der Waals surface area contributed by atoms with Crippen LogP contribution in [0.2, 0.25) is 0 Å². The molecule has 2 saturated heterocycles. The predicted molar refractivity (Wildman–Crippen MR) is 191 cm³/mol. The van der Waals surface area contributed by atoms with E-state index in [4.69, 9.17) is 4.74 Å². The van der Waals surface area contributed by atoms with Crippen LogP contribution < -0.4 is 10.1 Å². The zero-order valence-electron chi connectivity index (χ0n) is 28.6. The van der Waals surface area contributed by atoms with Gasteiger partial charge in [-0.05, 0) is 91.4 Å². The summed E-state index contributed by atoms with van der Waals surface area (Å²) in [5.41, 5.74) is 4.11. The minimum absolute atomic E-state index is 0.0591. The van der Waals surface area contributed by atoms with Gasteiger partial charge in [-0.1, -0.05) is 48.6 Å². The number of aliphatic hydroxyl groups is 1. The van der Waals surface area contributed by atoms with E-state index in [0.717, 1.165) is 44.5 Å². The van der Waals surface area contributed by atoms with Gasteiger partial charge in [-0.15, -0.1) is 0 Å². The highest BCUT2D eigenvalue weighted by atomic mass is 19.4. The summed E-state index contributed by atoms with van der Waals surface area (Å²) in [6.45, 7) is 5.96. The molecule has 51 heavy (non-hydrogen) atoms. The van der Waals surface area contributed by atoms with E-state index in [9.17, 15) is 28.3 Å². The number of β-amino-alcohol motifs (C(OH)–C–C–N with tert-alkyl or cyclic N) is 1. The summed E-state index contributed by atoms with van der Waals surface area (Å²) in [7, 11) is 1.45. The molecule has 8 nitrogen and oxygen atoms in total. The fourth-order valence-corrected chi connectivity index (χ4v) is 6.87. The van der Waals surface area contributed by atoms with E-state index < -0.39 is 17.6 Å². The number of methoxy groups -OCH3 is 1. The van der Waals surface area contributed by atoms with Crippen LogP contribution in [0, 0.1) is 18.3 Å². The smallest absolute Gasteiger partial charge is 0.417 e. The van der Waals surface area contributed by atoms with Crippen molar-refractivity contribution in [2.45, 2.75) is 51.6 Å². The number of amides is 1. The van der Waals surface area contributed by atoms with Crippen LogP contribution in [0.15, 0.2) is 66.9 Å². The molecule has 2 aliphatic rings. The van der Waals surface area contributed by atoms with Gasteiger partial charge in [0, 0.05) is 49.2 Å². The number of carbonyl (C=O) groups is 1. The van der Waals surface area contributed by atoms with Gasteiger partial charge in [0.05, 0.1) is 24.3 Å². The van der Waals surface area contributed by atoms with Gasteiger partial charge in [0.25, 0.3) is 5.91 Å². The SMILES string of the molecule is COc1cc(/C=C/c2cccc(-c3cccc(NC(=O)c4ccc(CN5CC[C@@H](O)C5)cn4)c3C)c2C#N)c(C(F)(F)F)cc1CN1CCCC1. The number of rotatable bonds is 10. The van der Waals surface area contributed by atoms with Crippen molar-refractivity contribution in [2.24, 2.45) is 0 Å². The Kier molecular flexibility index (Phi) is 10.9. The lowest BCUT2D eigenvalue weighted by atomic mass is 9.92. The molecule has 0 saturated carbocycles. The van der Waals surface area contributed by atoms with E-state index in [2.05, 4.69) is 26.2 Å². The maximum absolute atomic E-state index is 14.3. The fourth-order valence-electron chi connectivity index (χ4n) is 6.87. The molecule has 2 N–H and O–H groups in total. The van der Waals surface area contributed by atoms with Crippen molar-refractivity contribution >= 4 is 23.7 Å². The van der Waals surface area contributed by atoms with E-state index in [1.54, 1.807) is 42.6 Å². The number of hydrogen-bond acceptors (Lipinski definition) is 7. The summed E-state index contributed by atoms with van der Waals surface area (Å²) in [4.78, 5) is 21.8. The number of hydrogen-bond donors (Lipinski definition) is 2. The van der Waals surface area contributed by atoms with Crippen molar-refractivity contribution in [3.8, 4) is 22.9 Å². The Morgan fingerprint density at radius 3 is 2.43 bits per heavy atom. The lowest BCUT2D eigenvalue weighted by molar-refractivity contribution is -0.137. The first-order valence-electron chi connectivity index (χ1n) is 17.0. The summed E-state index contributed by atoms with van der Waals surface area (Å²) in [5.74, 6) is -0.00909. The van der Waals surface area contributed by atoms with Crippen molar-refractivity contribution < 1.29 is 27.8 Å². The van der Waals surface area contributed by atoms with Gasteiger partial charge in [0.1, 0.15) is 17.5 Å². The van der Waals surface area contributed by atoms with Crippen molar-refractivity contribution in [1.82, 2.24) is 14.8 Å². The van der Waals surface area contributed by atoms with Crippen molar-refractivity contribution in [3.63, 3.8) is 0 Å².